The number of hydrogen-bond acceptors (Lipinski definition) is 5. The van der Waals surface area contributed by atoms with E-state index >= 15 is 0 Å². The van der Waals surface area contributed by atoms with Crippen LogP contribution in [0.1, 0.15) is 6.92 Å². The molecule has 0 saturated carbocycles. The summed E-state index contributed by atoms with van der Waals surface area (Å²) in [7, 11) is 3.01. The first-order valence-corrected chi connectivity index (χ1v) is 4.65. The number of hydrogen-bond donors (Lipinski definition) is 2. The minimum Gasteiger partial charge on any atom is -0.390 e. The van der Waals surface area contributed by atoms with Gasteiger partial charge in [-0.3, -0.25) is 0 Å². The predicted octanol–water partition coefficient (Wildman–Crippen LogP) is -0.638. The Kier molecular flexibility index (Phi) is 4.28. The summed E-state index contributed by atoms with van der Waals surface area (Å²) in [6.45, 7) is 2.08. The van der Waals surface area contributed by atoms with E-state index < -0.39 is 24.6 Å². The van der Waals surface area contributed by atoms with E-state index in [0.29, 0.717) is 0 Å². The monoisotopic (exact) mass is 206 g/mol. The molecule has 0 aromatic heterocycles. The molecule has 0 aliphatic carbocycles. The molecule has 1 heterocycles. The maximum atomic E-state index is 9.79. The second-order valence-electron chi connectivity index (χ2n) is 3.57. The molecule has 1 aliphatic heterocycles. The van der Waals surface area contributed by atoms with Gasteiger partial charge in [0.1, 0.15) is 12.2 Å². The van der Waals surface area contributed by atoms with Crippen LogP contribution in [-0.4, -0.2) is 55.6 Å². The smallest absolute Gasteiger partial charge is 0.181 e. The summed E-state index contributed by atoms with van der Waals surface area (Å²) < 4.78 is 15.1. The molecule has 0 spiro atoms. The molecule has 0 amide bonds. The number of ether oxygens (including phenoxy) is 3. The van der Waals surface area contributed by atoms with Gasteiger partial charge in [-0.2, -0.15) is 0 Å². The topological polar surface area (TPSA) is 68.2 Å². The molecule has 0 unspecified atom stereocenters. The van der Waals surface area contributed by atoms with Crippen LogP contribution < -0.4 is 0 Å². The van der Waals surface area contributed by atoms with Crippen molar-refractivity contribution < 1.29 is 24.4 Å². The second-order valence-corrected chi connectivity index (χ2v) is 3.57. The van der Waals surface area contributed by atoms with Crippen LogP contribution in [0.2, 0.25) is 0 Å². The van der Waals surface area contributed by atoms with Crippen molar-refractivity contribution in [2.45, 2.75) is 31.5 Å². The van der Waals surface area contributed by atoms with Gasteiger partial charge in [0.25, 0.3) is 0 Å². The highest BCUT2D eigenvalue weighted by molar-refractivity contribution is 4.86. The molecule has 5 atom stereocenters. The Morgan fingerprint density at radius 3 is 2.43 bits per heavy atom. The maximum Gasteiger partial charge on any atom is 0.181 e. The normalized spacial score (nSPS) is 43.9. The lowest BCUT2D eigenvalue weighted by Gasteiger charge is -2.40. The van der Waals surface area contributed by atoms with E-state index in [-0.39, 0.29) is 12.5 Å². The summed E-state index contributed by atoms with van der Waals surface area (Å²) in [5.74, 6) is -0.177. The average molecular weight is 206 g/mol. The van der Waals surface area contributed by atoms with Crippen LogP contribution >= 0.6 is 0 Å². The van der Waals surface area contributed by atoms with Crippen molar-refractivity contribution in [3.8, 4) is 0 Å². The highest BCUT2D eigenvalue weighted by Crippen LogP contribution is 2.26. The third-order valence-electron chi connectivity index (χ3n) is 2.64. The van der Waals surface area contributed by atoms with E-state index in [9.17, 15) is 10.2 Å². The highest BCUT2D eigenvalue weighted by atomic mass is 16.7. The summed E-state index contributed by atoms with van der Waals surface area (Å²) in [6.07, 6.45) is -2.66. The van der Waals surface area contributed by atoms with Crippen molar-refractivity contribution in [1.29, 1.82) is 0 Å². The van der Waals surface area contributed by atoms with E-state index in [2.05, 4.69) is 0 Å². The summed E-state index contributed by atoms with van der Waals surface area (Å²) in [4.78, 5) is 0. The Balaban J connectivity index is 2.62. The largest absolute Gasteiger partial charge is 0.390 e. The Labute approximate surface area is 83.6 Å². The van der Waals surface area contributed by atoms with Crippen LogP contribution in [0.15, 0.2) is 0 Å². The zero-order valence-electron chi connectivity index (χ0n) is 8.71. The predicted molar refractivity (Wildman–Crippen MR) is 48.7 cm³/mol. The Morgan fingerprint density at radius 1 is 1.29 bits per heavy atom. The number of aliphatic hydroxyl groups is 2. The molecule has 5 heteroatoms. The van der Waals surface area contributed by atoms with Crippen molar-refractivity contribution in [1.82, 2.24) is 0 Å². The Bertz CT molecular complexity index is 173. The standard InChI is InChI=1S/C9H18O5/c1-5-7(10)6(4-12-2)14-9(11)8(5)13-3/h5-11H,4H2,1-3H3/t5-,6+,7-,8+,9+/m0/s1. The van der Waals surface area contributed by atoms with Gasteiger partial charge in [0.2, 0.25) is 0 Å². The molecule has 1 rings (SSSR count). The first-order chi connectivity index (χ1) is 6.61. The summed E-state index contributed by atoms with van der Waals surface area (Å²) in [5.41, 5.74) is 0. The number of aliphatic hydroxyl groups excluding tert-OH is 2. The molecule has 0 bridgehead atoms. The van der Waals surface area contributed by atoms with Crippen LogP contribution in [0.25, 0.3) is 0 Å². The lowest BCUT2D eigenvalue weighted by Crippen LogP contribution is -2.55. The first kappa shape index (κ1) is 11.9. The second kappa shape index (κ2) is 5.04. The van der Waals surface area contributed by atoms with Gasteiger partial charge in [-0.25, -0.2) is 0 Å². The van der Waals surface area contributed by atoms with Crippen molar-refractivity contribution in [2.75, 3.05) is 20.8 Å². The van der Waals surface area contributed by atoms with Gasteiger partial charge in [-0.1, -0.05) is 6.92 Å². The molecule has 2 N–H and O–H groups in total. The van der Waals surface area contributed by atoms with E-state index in [4.69, 9.17) is 14.2 Å². The minimum absolute atomic E-state index is 0.177. The zero-order valence-corrected chi connectivity index (χ0v) is 8.71. The molecule has 84 valence electrons. The van der Waals surface area contributed by atoms with Crippen LogP contribution in [0.3, 0.4) is 0 Å². The van der Waals surface area contributed by atoms with Crippen molar-refractivity contribution in [2.24, 2.45) is 5.92 Å². The fourth-order valence-electron chi connectivity index (χ4n) is 1.76. The van der Waals surface area contributed by atoms with E-state index in [1.54, 1.807) is 0 Å². The van der Waals surface area contributed by atoms with E-state index in [1.165, 1.54) is 14.2 Å². The molecule has 0 aromatic rings. The molecule has 1 aliphatic rings. The molecular formula is C9H18O5. The minimum atomic E-state index is -1.00. The molecule has 5 nitrogen and oxygen atoms in total. The number of methoxy groups -OCH3 is 2. The van der Waals surface area contributed by atoms with Gasteiger partial charge in [0, 0.05) is 20.1 Å². The quantitative estimate of drug-likeness (QED) is 0.643. The lowest BCUT2D eigenvalue weighted by molar-refractivity contribution is -0.277. The highest BCUT2D eigenvalue weighted by Gasteiger charge is 2.42. The molecule has 1 saturated heterocycles. The average Bonchev–Trinajstić information content (AvgIpc) is 2.15. The molecule has 1 fully saturated rings. The Hall–Kier alpha value is -0.200. The lowest BCUT2D eigenvalue weighted by atomic mass is 9.91. The fraction of sp³-hybridized carbons (Fsp3) is 1.00. The Morgan fingerprint density at radius 2 is 1.93 bits per heavy atom. The van der Waals surface area contributed by atoms with Gasteiger partial charge in [-0.15, -0.1) is 0 Å². The summed E-state index contributed by atoms with van der Waals surface area (Å²) in [6, 6.07) is 0. The molecular weight excluding hydrogens is 188 g/mol. The van der Waals surface area contributed by atoms with Crippen molar-refractivity contribution >= 4 is 0 Å². The van der Waals surface area contributed by atoms with Gasteiger partial charge >= 0.3 is 0 Å². The number of rotatable bonds is 3. The van der Waals surface area contributed by atoms with Crippen molar-refractivity contribution in [3.63, 3.8) is 0 Å². The third-order valence-corrected chi connectivity index (χ3v) is 2.64. The third kappa shape index (κ3) is 2.24. The molecule has 0 radical (unpaired) electrons. The fourth-order valence-corrected chi connectivity index (χ4v) is 1.76. The molecule has 14 heavy (non-hydrogen) atoms. The first-order valence-electron chi connectivity index (χ1n) is 4.65. The van der Waals surface area contributed by atoms with E-state index in [0.717, 1.165) is 0 Å². The molecule has 0 aromatic carbocycles. The van der Waals surface area contributed by atoms with Crippen LogP contribution in [0.4, 0.5) is 0 Å². The van der Waals surface area contributed by atoms with E-state index in [1.807, 2.05) is 6.92 Å². The maximum absolute atomic E-state index is 9.79. The van der Waals surface area contributed by atoms with Crippen LogP contribution in [-0.2, 0) is 14.2 Å². The van der Waals surface area contributed by atoms with Gasteiger partial charge < -0.3 is 24.4 Å². The zero-order chi connectivity index (χ0) is 10.7. The van der Waals surface area contributed by atoms with Crippen LogP contribution in [0, 0.1) is 5.92 Å². The van der Waals surface area contributed by atoms with Crippen molar-refractivity contribution in [3.05, 3.63) is 0 Å². The van der Waals surface area contributed by atoms with Gasteiger partial charge in [-0.05, 0) is 0 Å². The summed E-state index contributed by atoms with van der Waals surface area (Å²) >= 11 is 0. The van der Waals surface area contributed by atoms with Crippen LogP contribution in [0.5, 0.6) is 0 Å². The SMILES string of the molecule is COC[C@H]1O[C@@H](O)[C@H](OC)[C@@H](C)[C@@H]1O. The summed E-state index contributed by atoms with van der Waals surface area (Å²) in [5, 5.41) is 19.3. The van der Waals surface area contributed by atoms with Gasteiger partial charge in [0.05, 0.1) is 12.7 Å². The van der Waals surface area contributed by atoms with Gasteiger partial charge in [0.15, 0.2) is 6.29 Å².